The van der Waals surface area contributed by atoms with Crippen molar-refractivity contribution < 1.29 is 9.13 Å². The lowest BCUT2D eigenvalue weighted by molar-refractivity contribution is -0.696. The fourth-order valence-electron chi connectivity index (χ4n) is 8.56. The molecule has 274 valence electrons. The number of aryl methyl sites for hydroxylation is 6. The minimum Gasteiger partial charge on any atom is -0.390 e. The van der Waals surface area contributed by atoms with Crippen LogP contribution in [0.4, 0.5) is 34.3 Å². The predicted molar refractivity (Wildman–Crippen MR) is 211 cm³/mol. The van der Waals surface area contributed by atoms with E-state index < -0.39 is 0 Å². The van der Waals surface area contributed by atoms with E-state index in [4.69, 9.17) is 10.2 Å². The number of rotatable bonds is 14. The molecule has 1 N–H and O–H groups in total. The Morgan fingerprint density at radius 2 is 1.28 bits per heavy atom. The predicted octanol–water partition coefficient (Wildman–Crippen LogP) is 7.96. The molecule has 53 heavy (non-hydrogen) atoms. The molecule has 4 aromatic rings. The van der Waals surface area contributed by atoms with Crippen LogP contribution in [0, 0.1) is 0 Å². The molecular formula is C43H54N10+2. The Hall–Kier alpha value is -5.12. The Bertz CT molecular complexity index is 1920. The van der Waals surface area contributed by atoms with Crippen molar-refractivity contribution >= 4 is 34.3 Å². The van der Waals surface area contributed by atoms with Gasteiger partial charge in [-0.1, -0.05) is 6.07 Å². The fourth-order valence-corrected chi connectivity index (χ4v) is 8.56. The average molecular weight is 711 g/mol. The second-order valence-electron chi connectivity index (χ2n) is 15.0. The number of nitrogens with one attached hydrogen (secondary N) is 1. The first-order valence-electron chi connectivity index (χ1n) is 19.9. The second kappa shape index (κ2) is 16.7. The quantitative estimate of drug-likeness (QED) is 0.0819. The molecule has 0 bridgehead atoms. The maximum absolute atomic E-state index is 4.71. The Morgan fingerprint density at radius 3 is 1.92 bits per heavy atom. The minimum atomic E-state index is 0.874. The largest absolute Gasteiger partial charge is 0.390 e. The zero-order valence-electron chi connectivity index (χ0n) is 31.3. The molecule has 0 saturated heterocycles. The molecule has 6 heterocycles. The van der Waals surface area contributed by atoms with Crippen molar-refractivity contribution in [1.82, 2.24) is 10.2 Å². The highest BCUT2D eigenvalue weighted by Gasteiger charge is 2.26. The van der Waals surface area contributed by atoms with E-state index in [0.717, 1.165) is 87.6 Å². The van der Waals surface area contributed by atoms with Crippen LogP contribution >= 0.6 is 0 Å². The van der Waals surface area contributed by atoms with E-state index in [1.807, 2.05) is 18.2 Å². The molecule has 8 rings (SSSR count). The molecule has 0 amide bonds. The number of hydrogen-bond acceptors (Lipinski definition) is 8. The Kier molecular flexibility index (Phi) is 11.0. The maximum Gasteiger partial charge on any atom is 0.350 e. The lowest BCUT2D eigenvalue weighted by Gasteiger charge is -2.36. The standard InChI is InChI=1S/C43H54N10/c1-49(19-10-21-50-20-8-15-38(33-50)45-46-39-29-34-11-4-23-52-24-5-12-35(30-39)42(34)52)28-18-44-17-9-27-51-22-3-2-16-41(51)48-47-40-31-36-13-6-25-53-26-7-14-37(32-40)43(36)53/h2-3,8,15-16,18,20,22,28-33,44H,4-7,9-14,17,19,21,23-27H2,1H3/q+2/b28-18-,46-45?. The fraction of sp³-hybridized carbons (Fsp3) is 0.442. The molecule has 0 saturated carbocycles. The first-order valence-corrected chi connectivity index (χ1v) is 19.9. The van der Waals surface area contributed by atoms with Crippen molar-refractivity contribution in [2.45, 2.75) is 77.3 Å². The smallest absolute Gasteiger partial charge is 0.350 e. The first-order chi connectivity index (χ1) is 26.2. The van der Waals surface area contributed by atoms with Crippen LogP contribution in [0.15, 0.2) is 106 Å². The highest BCUT2D eigenvalue weighted by Crippen LogP contribution is 2.39. The van der Waals surface area contributed by atoms with E-state index in [1.165, 1.54) is 85.5 Å². The molecule has 0 unspecified atom stereocenters. The summed E-state index contributed by atoms with van der Waals surface area (Å²) in [5.74, 6) is 0.887. The maximum atomic E-state index is 4.71. The molecule has 0 aliphatic carbocycles. The number of pyridine rings is 2. The lowest BCUT2D eigenvalue weighted by atomic mass is 9.91. The van der Waals surface area contributed by atoms with Gasteiger partial charge in [0.25, 0.3) is 0 Å². The Morgan fingerprint density at radius 1 is 0.679 bits per heavy atom. The third-order valence-electron chi connectivity index (χ3n) is 11.0. The summed E-state index contributed by atoms with van der Waals surface area (Å²) in [7, 11) is 2.13. The van der Waals surface area contributed by atoms with Crippen LogP contribution < -0.4 is 24.3 Å². The molecule has 0 atom stereocenters. The summed E-state index contributed by atoms with van der Waals surface area (Å²) < 4.78 is 4.40. The monoisotopic (exact) mass is 710 g/mol. The van der Waals surface area contributed by atoms with Crippen molar-refractivity contribution in [3.8, 4) is 0 Å². The number of nitrogens with zero attached hydrogens (tertiary/aromatic N) is 9. The van der Waals surface area contributed by atoms with E-state index in [1.54, 1.807) is 0 Å². The number of aromatic nitrogens is 2. The second-order valence-corrected chi connectivity index (χ2v) is 15.0. The molecule has 0 radical (unpaired) electrons. The van der Waals surface area contributed by atoms with Gasteiger partial charge in [0, 0.05) is 95.1 Å². The first kappa shape index (κ1) is 34.9. The lowest BCUT2D eigenvalue weighted by Crippen LogP contribution is -2.34. The van der Waals surface area contributed by atoms with Crippen molar-refractivity contribution in [3.63, 3.8) is 0 Å². The summed E-state index contributed by atoms with van der Waals surface area (Å²) in [5.41, 5.74) is 11.6. The van der Waals surface area contributed by atoms with Crippen LogP contribution in [0.5, 0.6) is 0 Å². The van der Waals surface area contributed by atoms with Gasteiger partial charge in [-0.3, -0.25) is 0 Å². The van der Waals surface area contributed by atoms with Crippen molar-refractivity contribution in [3.05, 3.63) is 108 Å². The highest BCUT2D eigenvalue weighted by atomic mass is 15.2. The van der Waals surface area contributed by atoms with Crippen LogP contribution in [0.1, 0.15) is 60.8 Å². The summed E-state index contributed by atoms with van der Waals surface area (Å²) in [4.78, 5) is 7.37. The van der Waals surface area contributed by atoms with Crippen molar-refractivity contribution in [1.29, 1.82) is 0 Å². The van der Waals surface area contributed by atoms with Crippen LogP contribution in [0.25, 0.3) is 0 Å². The molecule has 0 fully saturated rings. The van der Waals surface area contributed by atoms with Gasteiger partial charge in [-0.05, 0) is 115 Å². The van der Waals surface area contributed by atoms with E-state index in [2.05, 4.69) is 114 Å². The third kappa shape index (κ3) is 8.58. The van der Waals surface area contributed by atoms with Crippen molar-refractivity contribution in [2.75, 3.05) is 56.1 Å². The van der Waals surface area contributed by atoms with Gasteiger partial charge in [0.1, 0.15) is 17.9 Å². The van der Waals surface area contributed by atoms with Crippen molar-refractivity contribution in [2.24, 2.45) is 20.5 Å². The minimum absolute atomic E-state index is 0.874. The summed E-state index contributed by atoms with van der Waals surface area (Å²) >= 11 is 0. The van der Waals surface area contributed by atoms with Crippen LogP contribution in [-0.4, -0.2) is 51.2 Å². The van der Waals surface area contributed by atoms with E-state index in [9.17, 15) is 0 Å². The van der Waals surface area contributed by atoms with Gasteiger partial charge in [0.05, 0.1) is 23.5 Å². The molecule has 2 aromatic carbocycles. The summed E-state index contributed by atoms with van der Waals surface area (Å²) in [6, 6.07) is 19.3. The number of hydrogen-bond donors (Lipinski definition) is 1. The Balaban J connectivity index is 0.765. The van der Waals surface area contributed by atoms with Gasteiger partial charge in [0.15, 0.2) is 12.4 Å². The Labute approximate surface area is 314 Å². The zero-order chi connectivity index (χ0) is 35.8. The number of anilines is 2. The summed E-state index contributed by atoms with van der Waals surface area (Å²) in [6.07, 6.45) is 22.0. The molecule has 0 spiro atoms. The van der Waals surface area contributed by atoms with Gasteiger partial charge in [-0.25, -0.2) is 9.13 Å². The summed E-state index contributed by atoms with van der Waals surface area (Å²) in [6.45, 7) is 8.40. The number of azo groups is 2. The molecule has 10 heteroatoms. The number of benzene rings is 2. The van der Waals surface area contributed by atoms with Gasteiger partial charge in [-0.2, -0.15) is 5.11 Å². The highest BCUT2D eigenvalue weighted by molar-refractivity contribution is 5.68. The molecule has 10 nitrogen and oxygen atoms in total. The van der Waals surface area contributed by atoms with Gasteiger partial charge in [0.2, 0.25) is 0 Å². The van der Waals surface area contributed by atoms with Crippen LogP contribution in [-0.2, 0) is 38.8 Å². The topological polar surface area (TPSA) is 79.0 Å². The van der Waals surface area contributed by atoms with Gasteiger partial charge in [-0.15, -0.1) is 5.11 Å². The SMILES string of the molecule is CN(/C=C\NCCC[n+]1ccccc1N=Nc1cc2c3c(c1)CCCN3CCC2)CCC[n+]1cccc(N=Nc2cc3c4c(c2)CCCN4CCC3)c1. The normalized spacial score (nSPS) is 16.4. The van der Waals surface area contributed by atoms with Gasteiger partial charge >= 0.3 is 5.82 Å². The molecule has 2 aromatic heterocycles. The van der Waals surface area contributed by atoms with Crippen LogP contribution in [0.2, 0.25) is 0 Å². The third-order valence-corrected chi connectivity index (χ3v) is 11.0. The zero-order valence-corrected chi connectivity index (χ0v) is 31.3. The van der Waals surface area contributed by atoms with Gasteiger partial charge < -0.3 is 20.0 Å². The van der Waals surface area contributed by atoms with E-state index >= 15 is 0 Å². The average Bonchev–Trinajstić information content (AvgIpc) is 3.18. The van der Waals surface area contributed by atoms with E-state index in [-0.39, 0.29) is 0 Å². The molecule has 4 aliphatic rings. The molecule has 4 aliphatic heterocycles. The van der Waals surface area contributed by atoms with E-state index in [0.29, 0.717) is 0 Å². The molecular weight excluding hydrogens is 657 g/mol. The van der Waals surface area contributed by atoms with Crippen LogP contribution in [0.3, 0.4) is 0 Å². The summed E-state index contributed by atoms with van der Waals surface area (Å²) in [5, 5.41) is 22.2.